The first-order chi connectivity index (χ1) is 9.67. The molecule has 0 aliphatic heterocycles. The minimum absolute atomic E-state index is 0.176. The molecule has 20 heavy (non-hydrogen) atoms. The first-order valence-corrected chi connectivity index (χ1v) is 6.62. The zero-order chi connectivity index (χ0) is 14.8. The Morgan fingerprint density at radius 2 is 2.05 bits per heavy atom. The first-order valence-electron chi connectivity index (χ1n) is 6.62. The minimum Gasteiger partial charge on any atom is -0.375 e. The molecule has 6 heteroatoms. The number of nitrogens with zero attached hydrogens (tertiary/aromatic N) is 1. The third-order valence-corrected chi connectivity index (χ3v) is 3.05. The molecule has 1 aromatic carbocycles. The van der Waals surface area contributed by atoms with Crippen molar-refractivity contribution in [1.29, 1.82) is 0 Å². The SMILES string of the molecule is CO[C@@H](CCCCC(=O)NO)C[N+](=O)c1ccccc1. The fourth-order valence-corrected chi connectivity index (χ4v) is 1.88. The number of hydroxylamine groups is 1. The fraction of sp³-hybridized carbons (Fsp3) is 0.500. The second-order valence-electron chi connectivity index (χ2n) is 4.54. The van der Waals surface area contributed by atoms with Gasteiger partial charge in [0.2, 0.25) is 12.5 Å². The van der Waals surface area contributed by atoms with Crippen LogP contribution in [0.5, 0.6) is 0 Å². The highest BCUT2D eigenvalue weighted by Gasteiger charge is 2.20. The molecule has 0 bridgehead atoms. The first kappa shape index (κ1) is 16.3. The van der Waals surface area contributed by atoms with E-state index in [1.54, 1.807) is 24.7 Å². The van der Waals surface area contributed by atoms with E-state index >= 15 is 0 Å². The van der Waals surface area contributed by atoms with Gasteiger partial charge >= 0.3 is 0 Å². The van der Waals surface area contributed by atoms with Crippen LogP contribution >= 0.6 is 0 Å². The Morgan fingerprint density at radius 3 is 2.65 bits per heavy atom. The Labute approximate surface area is 118 Å². The Hall–Kier alpha value is -1.79. The monoisotopic (exact) mass is 281 g/mol. The van der Waals surface area contributed by atoms with Gasteiger partial charge in [0.25, 0.3) is 5.69 Å². The van der Waals surface area contributed by atoms with Gasteiger partial charge in [0.1, 0.15) is 6.10 Å². The van der Waals surface area contributed by atoms with E-state index in [4.69, 9.17) is 9.94 Å². The van der Waals surface area contributed by atoms with E-state index in [1.807, 2.05) is 18.2 Å². The van der Waals surface area contributed by atoms with Crippen LogP contribution in [-0.4, -0.2) is 35.6 Å². The molecule has 1 rings (SSSR count). The van der Waals surface area contributed by atoms with Crippen LogP contribution in [0.2, 0.25) is 0 Å². The highest BCUT2D eigenvalue weighted by atomic mass is 16.5. The van der Waals surface area contributed by atoms with Gasteiger partial charge in [0.05, 0.1) is 0 Å². The quantitative estimate of drug-likeness (QED) is 0.315. The van der Waals surface area contributed by atoms with Gasteiger partial charge < -0.3 is 4.74 Å². The minimum atomic E-state index is -0.395. The summed E-state index contributed by atoms with van der Waals surface area (Å²) in [6.07, 6.45) is 2.20. The third-order valence-electron chi connectivity index (χ3n) is 3.05. The van der Waals surface area contributed by atoms with Crippen LogP contribution in [0.1, 0.15) is 25.7 Å². The van der Waals surface area contributed by atoms with Crippen LogP contribution in [0.15, 0.2) is 30.3 Å². The number of nitrogens with one attached hydrogen (secondary N) is 1. The van der Waals surface area contributed by atoms with Crippen molar-refractivity contribution in [2.75, 3.05) is 13.7 Å². The number of nitroso groups, excluding NO2 is 1. The molecule has 1 amide bonds. The van der Waals surface area contributed by atoms with E-state index in [0.29, 0.717) is 18.5 Å². The zero-order valence-electron chi connectivity index (χ0n) is 11.6. The molecule has 6 nitrogen and oxygen atoms in total. The maximum atomic E-state index is 11.9. The Bertz CT molecular complexity index is 422. The van der Waals surface area contributed by atoms with E-state index in [9.17, 15) is 9.70 Å². The maximum absolute atomic E-state index is 11.9. The van der Waals surface area contributed by atoms with Gasteiger partial charge in [-0.1, -0.05) is 24.6 Å². The van der Waals surface area contributed by atoms with Crippen LogP contribution in [-0.2, 0) is 9.53 Å². The van der Waals surface area contributed by atoms with Crippen molar-refractivity contribution < 1.29 is 19.5 Å². The van der Waals surface area contributed by atoms with Crippen LogP contribution in [0.3, 0.4) is 0 Å². The fourth-order valence-electron chi connectivity index (χ4n) is 1.88. The Morgan fingerprint density at radius 1 is 1.35 bits per heavy atom. The number of benzene rings is 1. The summed E-state index contributed by atoms with van der Waals surface area (Å²) in [7, 11) is 1.57. The molecule has 0 aromatic heterocycles. The summed E-state index contributed by atoms with van der Waals surface area (Å²) in [4.78, 5) is 22.8. The molecule has 1 aromatic rings. The van der Waals surface area contributed by atoms with Gasteiger partial charge in [0, 0.05) is 35.3 Å². The molecule has 0 saturated carbocycles. The molecular weight excluding hydrogens is 260 g/mol. The number of unbranched alkanes of at least 4 members (excludes halogenated alkanes) is 1. The van der Waals surface area contributed by atoms with Crippen molar-refractivity contribution >= 4 is 11.6 Å². The molecule has 0 spiro atoms. The number of carbonyl (C=O) groups is 1. The molecule has 0 heterocycles. The number of amides is 1. The molecule has 0 aliphatic carbocycles. The molecule has 0 saturated heterocycles. The second-order valence-corrected chi connectivity index (χ2v) is 4.54. The number of rotatable bonds is 9. The highest BCUT2D eigenvalue weighted by molar-refractivity contribution is 5.74. The number of hydrogen-bond donors (Lipinski definition) is 2. The van der Waals surface area contributed by atoms with E-state index in [2.05, 4.69) is 0 Å². The zero-order valence-corrected chi connectivity index (χ0v) is 11.6. The average Bonchev–Trinajstić information content (AvgIpc) is 2.50. The Balaban J connectivity index is 2.32. The number of methoxy groups -OCH3 is 1. The van der Waals surface area contributed by atoms with Crippen molar-refractivity contribution in [2.45, 2.75) is 31.8 Å². The van der Waals surface area contributed by atoms with E-state index in [-0.39, 0.29) is 19.1 Å². The lowest BCUT2D eigenvalue weighted by Gasteiger charge is -2.10. The molecule has 1 atom stereocenters. The predicted octanol–water partition coefficient (Wildman–Crippen LogP) is 2.18. The van der Waals surface area contributed by atoms with E-state index in [0.717, 1.165) is 11.2 Å². The molecule has 0 fully saturated rings. The van der Waals surface area contributed by atoms with Crippen molar-refractivity contribution in [3.8, 4) is 0 Å². The third kappa shape index (κ3) is 5.90. The van der Waals surface area contributed by atoms with E-state index < -0.39 is 5.91 Å². The average molecular weight is 281 g/mol. The Kier molecular flexibility index (Phi) is 7.46. The highest BCUT2D eigenvalue weighted by Crippen LogP contribution is 2.13. The van der Waals surface area contributed by atoms with Crippen LogP contribution < -0.4 is 5.48 Å². The summed E-state index contributed by atoms with van der Waals surface area (Å²) >= 11 is 0. The molecular formula is C14H21N2O4+. The van der Waals surface area contributed by atoms with E-state index in [1.165, 1.54) is 0 Å². The smallest absolute Gasteiger partial charge is 0.256 e. The number of hydrogen-bond acceptors (Lipinski definition) is 4. The van der Waals surface area contributed by atoms with Crippen LogP contribution in [0, 0.1) is 4.91 Å². The van der Waals surface area contributed by atoms with Gasteiger partial charge in [-0.2, -0.15) is 0 Å². The molecule has 0 unspecified atom stereocenters. The summed E-state index contributed by atoms with van der Waals surface area (Å²) in [5.74, 6) is -0.395. The summed E-state index contributed by atoms with van der Waals surface area (Å²) < 4.78 is 6.20. The van der Waals surface area contributed by atoms with Crippen LogP contribution in [0.4, 0.5) is 5.69 Å². The predicted molar refractivity (Wildman–Crippen MR) is 73.8 cm³/mol. The molecule has 0 aliphatic rings. The van der Waals surface area contributed by atoms with Crippen molar-refractivity contribution in [1.82, 2.24) is 5.48 Å². The van der Waals surface area contributed by atoms with Gasteiger partial charge in [0.15, 0.2) is 0 Å². The largest absolute Gasteiger partial charge is 0.375 e. The lowest BCUT2D eigenvalue weighted by molar-refractivity contribution is -0.475. The molecule has 0 radical (unpaired) electrons. The number of para-hydroxylation sites is 1. The summed E-state index contributed by atoms with van der Waals surface area (Å²) in [6.45, 7) is 0.257. The van der Waals surface area contributed by atoms with Crippen molar-refractivity contribution in [2.24, 2.45) is 0 Å². The topological polar surface area (TPSA) is 78.6 Å². The van der Waals surface area contributed by atoms with Gasteiger partial charge in [-0.25, -0.2) is 5.48 Å². The normalized spacial score (nSPS) is 11.9. The summed E-state index contributed by atoms with van der Waals surface area (Å²) in [5.41, 5.74) is 2.20. The standard InChI is InChI=1S/C14H20N2O4/c1-20-13(9-5-6-10-14(17)15-18)11-16(19)12-7-3-2-4-8-12/h2-4,7-8,13H,5-6,9-11H2,1H3,(H-,15,17,18)/p+1/t13-/m0/s1. The van der Waals surface area contributed by atoms with Crippen molar-refractivity contribution in [3.05, 3.63) is 35.2 Å². The lowest BCUT2D eigenvalue weighted by Crippen LogP contribution is -2.23. The van der Waals surface area contributed by atoms with Gasteiger partial charge in [-0.05, 0) is 12.8 Å². The number of carbonyl (C=O) groups excluding carboxylic acids is 1. The second kappa shape index (κ2) is 9.17. The van der Waals surface area contributed by atoms with Gasteiger partial charge in [-0.3, -0.25) is 10.0 Å². The van der Waals surface area contributed by atoms with Gasteiger partial charge in [-0.15, -0.1) is 0 Å². The maximum Gasteiger partial charge on any atom is 0.256 e. The summed E-state index contributed by atoms with van der Waals surface area (Å²) in [5, 5.41) is 8.36. The lowest BCUT2D eigenvalue weighted by atomic mass is 10.1. The molecule has 110 valence electrons. The van der Waals surface area contributed by atoms with Crippen LogP contribution in [0.25, 0.3) is 0 Å². The number of ether oxygens (including phenoxy) is 1. The molecule has 2 N–H and O–H groups in total. The summed E-state index contributed by atoms with van der Waals surface area (Å²) in [6, 6.07) is 9.00. The van der Waals surface area contributed by atoms with Crippen molar-refractivity contribution in [3.63, 3.8) is 0 Å².